The lowest BCUT2D eigenvalue weighted by Gasteiger charge is -2.42. The normalized spacial score (nSPS) is 21.5. The van der Waals surface area contributed by atoms with E-state index >= 15 is 0 Å². The summed E-state index contributed by atoms with van der Waals surface area (Å²) in [5.41, 5.74) is 0.186. The number of carbonyl (C=O) groups is 1. The molecule has 144 valence electrons. The molecule has 0 saturated carbocycles. The topological polar surface area (TPSA) is 77.9 Å². The van der Waals surface area contributed by atoms with Crippen LogP contribution in [0.3, 0.4) is 0 Å². The highest BCUT2D eigenvalue weighted by atomic mass is 32.2. The molecule has 26 heavy (non-hydrogen) atoms. The number of carboxylic acids is 1. The molecular formula is C19H28N2O4S. The molecule has 2 fully saturated rings. The smallest absolute Gasteiger partial charge is 0.335 e. The van der Waals surface area contributed by atoms with Crippen LogP contribution in [0.2, 0.25) is 0 Å². The van der Waals surface area contributed by atoms with Crippen LogP contribution in [-0.4, -0.2) is 49.0 Å². The third-order valence-electron chi connectivity index (χ3n) is 5.55. The molecule has 1 aromatic carbocycles. The molecule has 0 bridgehead atoms. The summed E-state index contributed by atoms with van der Waals surface area (Å²) in [4.78, 5) is 13.7. The molecule has 0 aliphatic carbocycles. The average Bonchev–Trinajstić information content (AvgIpc) is 2.61. The predicted molar refractivity (Wildman–Crippen MR) is 101 cm³/mol. The van der Waals surface area contributed by atoms with E-state index in [0.29, 0.717) is 12.2 Å². The minimum atomic E-state index is -3.78. The Kier molecular flexibility index (Phi) is 5.30. The van der Waals surface area contributed by atoms with Crippen molar-refractivity contribution in [2.24, 2.45) is 0 Å². The van der Waals surface area contributed by atoms with Crippen molar-refractivity contribution in [3.05, 3.63) is 23.8 Å². The number of sulfonamides is 1. The Balaban J connectivity index is 2.10. The molecule has 1 N–H and O–H groups in total. The molecule has 0 radical (unpaired) electrons. The Morgan fingerprint density at radius 2 is 1.69 bits per heavy atom. The van der Waals surface area contributed by atoms with Crippen molar-refractivity contribution in [2.45, 2.75) is 62.8 Å². The SMILES string of the molecule is CC1(C)CCCCN1S(=O)(=O)c1cc(C(=O)O)ccc1N1CCCCC1. The molecule has 0 unspecified atom stereocenters. The average molecular weight is 381 g/mol. The number of nitrogens with zero attached hydrogens (tertiary/aromatic N) is 2. The quantitative estimate of drug-likeness (QED) is 0.867. The van der Waals surface area contributed by atoms with Crippen LogP contribution >= 0.6 is 0 Å². The minimum absolute atomic E-state index is 0.0131. The minimum Gasteiger partial charge on any atom is -0.478 e. The van der Waals surface area contributed by atoms with E-state index in [0.717, 1.165) is 51.6 Å². The van der Waals surface area contributed by atoms with Gasteiger partial charge in [0.05, 0.1) is 11.3 Å². The van der Waals surface area contributed by atoms with E-state index in [4.69, 9.17) is 0 Å². The lowest BCUT2D eigenvalue weighted by Crippen LogP contribution is -2.50. The van der Waals surface area contributed by atoms with Crippen LogP contribution in [0.1, 0.15) is 62.7 Å². The van der Waals surface area contributed by atoms with E-state index in [1.165, 1.54) is 12.1 Å². The highest BCUT2D eigenvalue weighted by Gasteiger charge is 2.40. The molecular weight excluding hydrogens is 352 g/mol. The zero-order valence-corrected chi connectivity index (χ0v) is 16.4. The number of anilines is 1. The largest absolute Gasteiger partial charge is 0.478 e. The summed E-state index contributed by atoms with van der Waals surface area (Å²) in [5, 5.41) is 9.37. The van der Waals surface area contributed by atoms with Gasteiger partial charge in [0.25, 0.3) is 0 Å². The predicted octanol–water partition coefficient (Wildman–Crippen LogP) is 3.33. The van der Waals surface area contributed by atoms with Crippen molar-refractivity contribution in [3.63, 3.8) is 0 Å². The van der Waals surface area contributed by atoms with E-state index in [2.05, 4.69) is 4.90 Å². The van der Waals surface area contributed by atoms with Gasteiger partial charge in [-0.3, -0.25) is 0 Å². The fourth-order valence-corrected chi connectivity index (χ4v) is 6.14. The maximum absolute atomic E-state index is 13.5. The number of hydrogen-bond acceptors (Lipinski definition) is 4. The van der Waals surface area contributed by atoms with Gasteiger partial charge < -0.3 is 10.0 Å². The fraction of sp³-hybridized carbons (Fsp3) is 0.632. The lowest BCUT2D eigenvalue weighted by molar-refractivity contribution is 0.0696. The summed E-state index contributed by atoms with van der Waals surface area (Å²) in [6, 6.07) is 4.51. The zero-order valence-electron chi connectivity index (χ0n) is 15.6. The molecule has 3 rings (SSSR count). The third-order valence-corrected chi connectivity index (χ3v) is 7.69. The van der Waals surface area contributed by atoms with Gasteiger partial charge in [-0.2, -0.15) is 4.31 Å². The first-order valence-electron chi connectivity index (χ1n) is 9.39. The Bertz CT molecular complexity index is 783. The fourth-order valence-electron chi connectivity index (χ4n) is 4.05. The Morgan fingerprint density at radius 1 is 1.04 bits per heavy atom. The summed E-state index contributed by atoms with van der Waals surface area (Å²) in [6.07, 6.45) is 5.84. The van der Waals surface area contributed by atoms with Crippen LogP contribution in [0.15, 0.2) is 23.1 Å². The Labute approximate surface area is 155 Å². The molecule has 1 aromatic rings. The number of rotatable bonds is 4. The second-order valence-electron chi connectivity index (χ2n) is 7.88. The number of piperidine rings is 2. The molecule has 0 amide bonds. The van der Waals surface area contributed by atoms with Crippen LogP contribution in [0.25, 0.3) is 0 Å². The molecule has 0 spiro atoms. The summed E-state index contributed by atoms with van der Waals surface area (Å²) in [6.45, 7) is 5.99. The maximum Gasteiger partial charge on any atom is 0.335 e. The summed E-state index contributed by atoms with van der Waals surface area (Å²) >= 11 is 0. The van der Waals surface area contributed by atoms with Gasteiger partial charge >= 0.3 is 5.97 Å². The van der Waals surface area contributed by atoms with E-state index in [1.54, 1.807) is 10.4 Å². The van der Waals surface area contributed by atoms with E-state index in [9.17, 15) is 18.3 Å². The van der Waals surface area contributed by atoms with Crippen LogP contribution in [-0.2, 0) is 10.0 Å². The summed E-state index contributed by atoms with van der Waals surface area (Å²) in [7, 11) is -3.78. The Morgan fingerprint density at radius 3 is 2.31 bits per heavy atom. The van der Waals surface area contributed by atoms with Crippen molar-refractivity contribution in [2.75, 3.05) is 24.5 Å². The lowest BCUT2D eigenvalue weighted by atomic mass is 9.93. The highest BCUT2D eigenvalue weighted by molar-refractivity contribution is 7.89. The van der Waals surface area contributed by atoms with E-state index < -0.39 is 21.5 Å². The standard InChI is InChI=1S/C19H28N2O4S/c1-19(2)10-4-7-13-21(19)26(24,25)17-14-15(18(22)23)8-9-16(17)20-11-5-3-6-12-20/h8-9,14H,3-7,10-13H2,1-2H3,(H,22,23). The second-order valence-corrected chi connectivity index (χ2v) is 9.71. The molecule has 2 saturated heterocycles. The molecule has 7 heteroatoms. The molecule has 2 heterocycles. The first kappa shape index (κ1) is 19.2. The first-order valence-corrected chi connectivity index (χ1v) is 10.8. The van der Waals surface area contributed by atoms with Gasteiger partial charge in [-0.25, -0.2) is 13.2 Å². The second kappa shape index (κ2) is 7.19. The van der Waals surface area contributed by atoms with Gasteiger partial charge in [0.15, 0.2) is 0 Å². The summed E-state index contributed by atoms with van der Waals surface area (Å²) in [5.74, 6) is -1.11. The van der Waals surface area contributed by atoms with Crippen molar-refractivity contribution in [1.29, 1.82) is 0 Å². The van der Waals surface area contributed by atoms with Crippen molar-refractivity contribution in [3.8, 4) is 0 Å². The molecule has 2 aliphatic heterocycles. The van der Waals surface area contributed by atoms with Crippen LogP contribution < -0.4 is 4.90 Å². The number of benzene rings is 1. The van der Waals surface area contributed by atoms with Crippen molar-refractivity contribution >= 4 is 21.7 Å². The number of aromatic carboxylic acids is 1. The first-order chi connectivity index (χ1) is 12.2. The van der Waals surface area contributed by atoms with Crippen molar-refractivity contribution < 1.29 is 18.3 Å². The number of carboxylic acid groups (broad SMARTS) is 1. The number of hydrogen-bond donors (Lipinski definition) is 1. The van der Waals surface area contributed by atoms with Gasteiger partial charge in [0, 0.05) is 25.2 Å². The third kappa shape index (κ3) is 3.60. The molecule has 2 aliphatic rings. The van der Waals surface area contributed by atoms with Crippen LogP contribution in [0.4, 0.5) is 5.69 Å². The summed E-state index contributed by atoms with van der Waals surface area (Å²) < 4.78 is 28.7. The van der Waals surface area contributed by atoms with Crippen LogP contribution in [0.5, 0.6) is 0 Å². The maximum atomic E-state index is 13.5. The van der Waals surface area contributed by atoms with Gasteiger partial charge in [0.1, 0.15) is 4.90 Å². The van der Waals surface area contributed by atoms with Gasteiger partial charge in [-0.05, 0) is 64.2 Å². The van der Waals surface area contributed by atoms with Crippen LogP contribution in [0, 0.1) is 0 Å². The van der Waals surface area contributed by atoms with Crippen molar-refractivity contribution in [1.82, 2.24) is 4.31 Å². The Hall–Kier alpha value is -1.60. The monoisotopic (exact) mass is 380 g/mol. The molecule has 0 atom stereocenters. The zero-order chi connectivity index (χ0) is 18.9. The van der Waals surface area contributed by atoms with E-state index in [1.807, 2.05) is 13.8 Å². The molecule has 6 nitrogen and oxygen atoms in total. The van der Waals surface area contributed by atoms with Gasteiger partial charge in [-0.15, -0.1) is 0 Å². The van der Waals surface area contributed by atoms with E-state index in [-0.39, 0.29) is 10.5 Å². The van der Waals surface area contributed by atoms with Gasteiger partial charge in [-0.1, -0.05) is 6.42 Å². The molecule has 0 aromatic heterocycles. The highest BCUT2D eigenvalue weighted by Crippen LogP contribution is 2.37. The van der Waals surface area contributed by atoms with Gasteiger partial charge in [0.2, 0.25) is 10.0 Å².